The average Bonchev–Trinajstić information content (AvgIpc) is 2.26. The molecule has 4 heteroatoms. The topological polar surface area (TPSA) is 63.3 Å². The fraction of sp³-hybridized carbons (Fsp3) is 1.00. The van der Waals surface area contributed by atoms with E-state index < -0.39 is 14.9 Å². The van der Waals surface area contributed by atoms with Gasteiger partial charge in [0.15, 0.2) is 0 Å². The van der Waals surface area contributed by atoms with Crippen LogP contribution in [0.3, 0.4) is 0 Å². The summed E-state index contributed by atoms with van der Waals surface area (Å²) in [4.78, 5) is 0. The van der Waals surface area contributed by atoms with E-state index in [4.69, 9.17) is 9.83 Å². The van der Waals surface area contributed by atoms with Crippen LogP contribution in [-0.4, -0.2) is 25.6 Å². The summed E-state index contributed by atoms with van der Waals surface area (Å²) >= 11 is -2.58. The van der Waals surface area contributed by atoms with Crippen molar-refractivity contribution in [2.24, 2.45) is 5.73 Å². The average molecular weight is 309 g/mol. The molecule has 0 aromatic heterocycles. The summed E-state index contributed by atoms with van der Waals surface area (Å²) in [6.07, 6.45) is 13.9. The van der Waals surface area contributed by atoms with Crippen molar-refractivity contribution in [2.45, 2.75) is 76.8 Å². The van der Waals surface area contributed by atoms with E-state index in [1.54, 1.807) is 0 Å². The Labute approximate surface area is 112 Å². The molecule has 0 heterocycles. The summed E-state index contributed by atoms with van der Waals surface area (Å²) in [7, 11) is 0. The molecule has 17 heavy (non-hydrogen) atoms. The molecule has 0 rings (SSSR count). The molecule has 1 atom stereocenters. The van der Waals surface area contributed by atoms with E-state index in [2.05, 4.69) is 6.92 Å². The zero-order valence-corrected chi connectivity index (χ0v) is 13.8. The number of hydrogen-bond donors (Lipinski definition) is 2. The van der Waals surface area contributed by atoms with Gasteiger partial charge in [0.2, 0.25) is 0 Å². The van der Waals surface area contributed by atoms with E-state index in [1.807, 2.05) is 0 Å². The zero-order valence-electron chi connectivity index (χ0n) is 11.7. The Balaban J connectivity index is 0. The van der Waals surface area contributed by atoms with E-state index in [-0.39, 0.29) is 0 Å². The van der Waals surface area contributed by atoms with E-state index in [0.717, 1.165) is 6.54 Å². The van der Waals surface area contributed by atoms with Gasteiger partial charge in [-0.1, -0.05) is 64.7 Å². The van der Waals surface area contributed by atoms with Crippen LogP contribution in [0.15, 0.2) is 0 Å². The summed E-state index contributed by atoms with van der Waals surface area (Å²) in [5.74, 6) is 0. The first-order chi connectivity index (χ1) is 8.15. The molecule has 0 saturated heterocycles. The quantitative estimate of drug-likeness (QED) is 0.481. The molecular formula is C13H32AsNO2. The molecule has 3 N–H and O–H groups in total. The second kappa shape index (κ2) is 18.6. The second-order valence-electron chi connectivity index (χ2n) is 4.49. The molecule has 0 spiro atoms. The summed E-state index contributed by atoms with van der Waals surface area (Å²) in [6.45, 7) is 3.14. The van der Waals surface area contributed by atoms with Gasteiger partial charge in [0.25, 0.3) is 0 Å². The van der Waals surface area contributed by atoms with Gasteiger partial charge in [-0.15, -0.1) is 0 Å². The van der Waals surface area contributed by atoms with Crippen molar-refractivity contribution in [1.82, 2.24) is 0 Å². The SMILES string of the molecule is CCCCCCCCCCCCN.C[AsH](=O)O. The van der Waals surface area contributed by atoms with Crippen molar-refractivity contribution in [3.63, 3.8) is 0 Å². The maximum absolute atomic E-state index is 9.25. The Bertz CT molecular complexity index is 140. The van der Waals surface area contributed by atoms with Crippen LogP contribution in [0, 0.1) is 0 Å². The molecule has 0 aliphatic rings. The molecule has 3 nitrogen and oxygen atoms in total. The molecule has 0 aliphatic carbocycles. The van der Waals surface area contributed by atoms with E-state index in [9.17, 15) is 3.74 Å². The molecule has 0 aliphatic heterocycles. The monoisotopic (exact) mass is 309 g/mol. The van der Waals surface area contributed by atoms with Gasteiger partial charge >= 0.3 is 28.5 Å². The fourth-order valence-corrected chi connectivity index (χ4v) is 1.63. The van der Waals surface area contributed by atoms with Crippen LogP contribution in [-0.2, 0) is 3.74 Å². The molecule has 0 bridgehead atoms. The predicted molar refractivity (Wildman–Crippen MR) is 76.8 cm³/mol. The molecule has 0 radical (unpaired) electrons. The van der Waals surface area contributed by atoms with Crippen molar-refractivity contribution in [1.29, 1.82) is 0 Å². The maximum atomic E-state index is 9.25. The Morgan fingerprint density at radius 3 is 1.47 bits per heavy atom. The molecule has 0 aromatic carbocycles. The van der Waals surface area contributed by atoms with Crippen molar-refractivity contribution in [2.75, 3.05) is 6.54 Å². The minimum atomic E-state index is -2.58. The van der Waals surface area contributed by atoms with Gasteiger partial charge < -0.3 is 5.73 Å². The third kappa shape index (κ3) is 31.4. The van der Waals surface area contributed by atoms with Crippen LogP contribution in [0.25, 0.3) is 0 Å². The summed E-state index contributed by atoms with van der Waals surface area (Å²) < 4.78 is 16.9. The molecule has 0 aromatic rings. The van der Waals surface area contributed by atoms with Gasteiger partial charge in [-0.05, 0) is 13.0 Å². The van der Waals surface area contributed by atoms with Gasteiger partial charge in [0.1, 0.15) is 0 Å². The number of rotatable bonds is 10. The van der Waals surface area contributed by atoms with Gasteiger partial charge in [0, 0.05) is 0 Å². The molecule has 0 fully saturated rings. The standard InChI is InChI=1S/C12H27N.CH5AsO2/c1-2-3-4-5-6-7-8-9-10-11-12-13;1-2(3)4/h2-13H2,1H3;2H,1H3,(H,3,4). The molecular weight excluding hydrogens is 277 g/mol. The van der Waals surface area contributed by atoms with Crippen LogP contribution in [0.5, 0.6) is 0 Å². The van der Waals surface area contributed by atoms with Crippen LogP contribution in [0.4, 0.5) is 0 Å². The third-order valence-corrected chi connectivity index (χ3v) is 2.56. The fourth-order valence-electron chi connectivity index (χ4n) is 1.63. The Morgan fingerprint density at radius 2 is 1.18 bits per heavy atom. The minimum absolute atomic E-state index is 0.872. The first kappa shape index (κ1) is 19.6. The number of unbranched alkanes of at least 4 members (excludes halogenated alkanes) is 9. The molecule has 0 saturated carbocycles. The Hall–Kier alpha value is 0.278. The van der Waals surface area contributed by atoms with Gasteiger partial charge in [-0.2, -0.15) is 0 Å². The van der Waals surface area contributed by atoms with Crippen molar-refractivity contribution in [3.8, 4) is 0 Å². The van der Waals surface area contributed by atoms with E-state index in [0.29, 0.717) is 0 Å². The Morgan fingerprint density at radius 1 is 0.882 bits per heavy atom. The van der Waals surface area contributed by atoms with Crippen LogP contribution < -0.4 is 5.73 Å². The number of hydrogen-bond acceptors (Lipinski definition) is 2. The predicted octanol–water partition coefficient (Wildman–Crippen LogP) is 3.13. The van der Waals surface area contributed by atoms with E-state index >= 15 is 0 Å². The van der Waals surface area contributed by atoms with E-state index in [1.165, 1.54) is 69.9 Å². The van der Waals surface area contributed by atoms with Crippen LogP contribution in [0.2, 0.25) is 5.71 Å². The normalized spacial score (nSPS) is 11.8. The molecule has 1 unspecified atom stereocenters. The summed E-state index contributed by atoms with van der Waals surface area (Å²) in [5.41, 5.74) is 6.76. The summed E-state index contributed by atoms with van der Waals surface area (Å²) in [6, 6.07) is 0. The number of nitrogens with two attached hydrogens (primary N) is 1. The van der Waals surface area contributed by atoms with Gasteiger partial charge in [-0.25, -0.2) is 0 Å². The van der Waals surface area contributed by atoms with Crippen molar-refractivity contribution < 1.29 is 7.84 Å². The molecule has 106 valence electrons. The molecule has 0 amide bonds. The van der Waals surface area contributed by atoms with Gasteiger partial charge in [0.05, 0.1) is 0 Å². The van der Waals surface area contributed by atoms with Crippen LogP contribution in [0.1, 0.15) is 71.1 Å². The Kier molecular flexibility index (Phi) is 21.5. The zero-order chi connectivity index (χ0) is 13.4. The third-order valence-electron chi connectivity index (χ3n) is 2.56. The van der Waals surface area contributed by atoms with Crippen molar-refractivity contribution in [3.05, 3.63) is 0 Å². The first-order valence-corrected chi connectivity index (χ1v) is 10.9. The summed E-state index contributed by atoms with van der Waals surface area (Å²) in [5, 5.41) is 0. The first-order valence-electron chi connectivity index (χ1n) is 7.04. The van der Waals surface area contributed by atoms with Crippen molar-refractivity contribution >= 4 is 14.9 Å². The van der Waals surface area contributed by atoms with Gasteiger partial charge in [-0.3, -0.25) is 0 Å². The second-order valence-corrected chi connectivity index (χ2v) is 6.67. The van der Waals surface area contributed by atoms with Crippen LogP contribution >= 0.6 is 0 Å².